The predicted octanol–water partition coefficient (Wildman–Crippen LogP) is 0.723. The number of carbonyl (C=O) groups excluding carboxylic acids is 1. The lowest BCUT2D eigenvalue weighted by Gasteiger charge is -2.27. The van der Waals surface area contributed by atoms with Crippen LogP contribution in [0, 0.1) is 0 Å². The number of hydrogen-bond acceptors (Lipinski definition) is 2. The van der Waals surface area contributed by atoms with Crippen LogP contribution in [-0.2, 0) is 9.53 Å². The maximum Gasteiger partial charge on any atom is 0.361 e. The summed E-state index contributed by atoms with van der Waals surface area (Å²) in [4.78, 5) is 11.7. The van der Waals surface area contributed by atoms with Gasteiger partial charge in [-0.1, -0.05) is 44.2 Å². The maximum absolute atomic E-state index is 11.7. The van der Waals surface area contributed by atoms with E-state index >= 15 is 0 Å². The van der Waals surface area contributed by atoms with Gasteiger partial charge in [-0.3, -0.25) is 0 Å². The van der Waals surface area contributed by atoms with Crippen molar-refractivity contribution in [3.05, 3.63) is 11.1 Å². The molecule has 0 aromatic heterocycles. The van der Waals surface area contributed by atoms with Crippen molar-refractivity contribution in [2.24, 2.45) is 0 Å². The summed E-state index contributed by atoms with van der Waals surface area (Å²) in [6, 6.07) is 0. The summed E-state index contributed by atoms with van der Waals surface area (Å²) in [7, 11) is 4.00. The van der Waals surface area contributed by atoms with E-state index in [0.717, 1.165) is 24.4 Å². The average Bonchev–Trinajstić information content (AvgIpc) is 2.31. The van der Waals surface area contributed by atoms with Crippen LogP contribution in [0.3, 0.4) is 0 Å². The first-order valence-corrected chi connectivity index (χ1v) is 7.55. The summed E-state index contributed by atoms with van der Waals surface area (Å²) in [5, 5.41) is 0.760. The Morgan fingerprint density at radius 2 is 1.80 bits per heavy atom. The zero-order valence-electron chi connectivity index (χ0n) is 13.3. The lowest BCUT2D eigenvalue weighted by Crippen LogP contribution is -3.00. The first kappa shape index (κ1) is 22.2. The summed E-state index contributed by atoms with van der Waals surface area (Å²) in [5.74, 6) is -0.124. The molecule has 0 aromatic carbocycles. The van der Waals surface area contributed by atoms with Gasteiger partial charge in [-0.15, -0.1) is 0 Å². The second-order valence-corrected chi connectivity index (χ2v) is 6.30. The van der Waals surface area contributed by atoms with Crippen molar-refractivity contribution < 1.29 is 31.0 Å². The van der Waals surface area contributed by atoms with Crippen molar-refractivity contribution >= 4 is 17.6 Å². The van der Waals surface area contributed by atoms with Gasteiger partial charge in [0.2, 0.25) is 0 Å². The number of carbonyl (C=O) groups is 1. The molecule has 0 bridgehead atoms. The molecule has 0 aliphatic heterocycles. The normalized spacial score (nSPS) is 11.9. The van der Waals surface area contributed by atoms with Gasteiger partial charge in [0, 0.05) is 5.03 Å². The van der Waals surface area contributed by atoms with E-state index in [0.29, 0.717) is 17.6 Å². The first-order valence-electron chi connectivity index (χ1n) is 7.17. The van der Waals surface area contributed by atoms with Crippen LogP contribution in [0.4, 0.5) is 0 Å². The Morgan fingerprint density at radius 1 is 1.20 bits per heavy atom. The van der Waals surface area contributed by atoms with Crippen LogP contribution in [0.1, 0.15) is 46.0 Å². The lowest BCUT2D eigenvalue weighted by atomic mass is 10.2. The summed E-state index contributed by atoms with van der Waals surface area (Å²) in [6.45, 7) is 5.71. The Balaban J connectivity index is 0. The van der Waals surface area contributed by atoms with Crippen LogP contribution < -0.4 is 17.0 Å². The fourth-order valence-corrected chi connectivity index (χ4v) is 1.79. The minimum atomic E-state index is -0.124. The van der Waals surface area contributed by atoms with Gasteiger partial charge >= 0.3 is 5.97 Å². The third-order valence-electron chi connectivity index (χ3n) is 2.93. The van der Waals surface area contributed by atoms with Crippen molar-refractivity contribution in [3.63, 3.8) is 0 Å². The van der Waals surface area contributed by atoms with Crippen LogP contribution in [0.25, 0.3) is 0 Å². The Hall–Kier alpha value is -0.0600. The highest BCUT2D eigenvalue weighted by atomic mass is 79.9. The molecule has 0 rings (SSSR count). The van der Waals surface area contributed by atoms with Gasteiger partial charge in [0.05, 0.1) is 27.2 Å². The minimum Gasteiger partial charge on any atom is -1.00 e. The molecule has 0 radical (unpaired) electrons. The smallest absolute Gasteiger partial charge is 0.361 e. The molecule has 0 aliphatic rings. The van der Waals surface area contributed by atoms with E-state index < -0.39 is 0 Å². The molecule has 5 heteroatoms. The number of allylic oxidation sites excluding steroid dienone is 1. The topological polar surface area (TPSA) is 26.3 Å². The largest absolute Gasteiger partial charge is 1.00 e. The zero-order valence-corrected chi connectivity index (χ0v) is 15.6. The average molecular weight is 371 g/mol. The van der Waals surface area contributed by atoms with Crippen molar-refractivity contribution in [1.29, 1.82) is 0 Å². The van der Waals surface area contributed by atoms with Gasteiger partial charge in [-0.25, -0.2) is 4.79 Å². The molecule has 0 spiro atoms. The number of nitrogens with zero attached hydrogens (tertiary/aromatic N) is 1. The fraction of sp³-hybridized carbons (Fsp3) is 0.800. The van der Waals surface area contributed by atoms with Gasteiger partial charge in [0.1, 0.15) is 0 Å². The third kappa shape index (κ3) is 14.4. The molecule has 3 nitrogen and oxygen atoms in total. The van der Waals surface area contributed by atoms with Crippen LogP contribution in [0.2, 0.25) is 0 Å². The maximum atomic E-state index is 11.7. The highest BCUT2D eigenvalue weighted by Gasteiger charge is 2.19. The number of esters is 1. The van der Waals surface area contributed by atoms with E-state index in [1.165, 1.54) is 19.3 Å². The number of unbranched alkanes of at least 4 members (excludes halogenated alkanes) is 4. The van der Waals surface area contributed by atoms with Crippen LogP contribution >= 0.6 is 11.6 Å². The van der Waals surface area contributed by atoms with E-state index in [4.69, 9.17) is 16.3 Å². The molecule has 0 saturated heterocycles. The van der Waals surface area contributed by atoms with Crippen molar-refractivity contribution in [1.82, 2.24) is 0 Å². The molecular formula is C15H29BrClNO2. The Morgan fingerprint density at radius 3 is 2.35 bits per heavy atom. The summed E-state index contributed by atoms with van der Waals surface area (Å²) >= 11 is 5.80. The molecule has 0 N–H and O–H groups in total. The van der Waals surface area contributed by atoms with Gasteiger partial charge in [0.25, 0.3) is 0 Å². The number of quaternary nitrogens is 1. The van der Waals surface area contributed by atoms with Gasteiger partial charge in [-0.05, 0) is 19.4 Å². The summed E-state index contributed by atoms with van der Waals surface area (Å²) in [6.07, 6.45) is 7.78. The predicted molar refractivity (Wildman–Crippen MR) is 81.2 cm³/mol. The molecule has 0 atom stereocenters. The van der Waals surface area contributed by atoms with Crippen molar-refractivity contribution in [2.45, 2.75) is 46.0 Å². The molecule has 0 saturated carbocycles. The summed E-state index contributed by atoms with van der Waals surface area (Å²) < 4.78 is 5.82. The van der Waals surface area contributed by atoms with Crippen LogP contribution in [0.5, 0.6) is 0 Å². The second-order valence-electron chi connectivity index (χ2n) is 5.70. The summed E-state index contributed by atoms with van der Waals surface area (Å²) in [5.41, 5.74) is 0. The molecule has 0 unspecified atom stereocenters. The van der Waals surface area contributed by atoms with Gasteiger partial charge in [0.15, 0.2) is 6.54 Å². The quantitative estimate of drug-likeness (QED) is 0.322. The molecule has 20 heavy (non-hydrogen) atoms. The molecule has 120 valence electrons. The standard InChI is InChI=1S/C15H29ClNO2.BrH/c1-5-6-7-8-9-12-19-15(18)13-17(3,4)11-10-14(2)16;/h10H,5-9,11-13H2,1-4H3;1H/q+1;/p-1/b14-10+;. The molecule has 0 fully saturated rings. The number of rotatable bonds is 10. The SMILES string of the molecule is CCCCCCCOC(=O)C[N+](C)(C)C/C=C(\C)Cl.[Br-]. The molecular weight excluding hydrogens is 342 g/mol. The Kier molecular flexibility index (Phi) is 14.1. The molecule has 0 heterocycles. The van der Waals surface area contributed by atoms with Crippen LogP contribution in [0.15, 0.2) is 11.1 Å². The van der Waals surface area contributed by atoms with Crippen molar-refractivity contribution in [2.75, 3.05) is 33.8 Å². The monoisotopic (exact) mass is 369 g/mol. The number of halogens is 2. The Labute approximate surface area is 139 Å². The van der Waals surface area contributed by atoms with Gasteiger partial charge < -0.3 is 26.2 Å². The second kappa shape index (κ2) is 12.7. The van der Waals surface area contributed by atoms with Crippen molar-refractivity contribution in [3.8, 4) is 0 Å². The minimum absolute atomic E-state index is 0. The number of likely N-dealkylation sites (N-methyl/N-ethyl adjacent to an activating group) is 1. The van der Waals surface area contributed by atoms with E-state index in [1.54, 1.807) is 0 Å². The Bertz CT molecular complexity index is 290. The highest BCUT2D eigenvalue weighted by Crippen LogP contribution is 2.05. The number of ether oxygens (including phenoxy) is 1. The van der Waals surface area contributed by atoms with E-state index in [-0.39, 0.29) is 23.0 Å². The highest BCUT2D eigenvalue weighted by molar-refractivity contribution is 6.29. The van der Waals surface area contributed by atoms with E-state index in [1.807, 2.05) is 27.1 Å². The lowest BCUT2D eigenvalue weighted by molar-refractivity contribution is -0.877. The molecule has 0 aliphatic carbocycles. The first-order chi connectivity index (χ1) is 8.87. The van der Waals surface area contributed by atoms with Crippen LogP contribution in [-0.4, -0.2) is 44.2 Å². The van der Waals surface area contributed by atoms with Gasteiger partial charge in [-0.2, -0.15) is 0 Å². The fourth-order valence-electron chi connectivity index (χ4n) is 1.72. The third-order valence-corrected chi connectivity index (χ3v) is 3.09. The number of hydrogen-bond donors (Lipinski definition) is 0. The molecule has 0 amide bonds. The van der Waals surface area contributed by atoms with E-state index in [2.05, 4.69) is 6.92 Å². The molecule has 0 aromatic rings. The zero-order chi connectivity index (χ0) is 14.7. The van der Waals surface area contributed by atoms with E-state index in [9.17, 15) is 4.79 Å².